The lowest BCUT2D eigenvalue weighted by atomic mass is 10.0. The summed E-state index contributed by atoms with van der Waals surface area (Å²) in [5.74, 6) is 2.69. The summed E-state index contributed by atoms with van der Waals surface area (Å²) >= 11 is 0. The molecule has 2 aromatic rings. The Morgan fingerprint density at radius 2 is 2.00 bits per heavy atom. The van der Waals surface area contributed by atoms with Gasteiger partial charge in [-0.15, -0.1) is 0 Å². The molecule has 1 aromatic heterocycles. The van der Waals surface area contributed by atoms with Crippen LogP contribution in [-0.4, -0.2) is 52.2 Å². The summed E-state index contributed by atoms with van der Waals surface area (Å²) in [4.78, 5) is 23.1. The van der Waals surface area contributed by atoms with E-state index in [1.165, 1.54) is 0 Å². The number of para-hydroxylation sites is 1. The molecule has 0 radical (unpaired) electrons. The molecule has 7 heteroatoms. The summed E-state index contributed by atoms with van der Waals surface area (Å²) < 4.78 is 17.9. The molecule has 1 saturated heterocycles. The van der Waals surface area contributed by atoms with Crippen molar-refractivity contribution in [3.8, 4) is 17.4 Å². The number of rotatable bonds is 5. The van der Waals surface area contributed by atoms with Gasteiger partial charge in [0.1, 0.15) is 17.5 Å². The molecule has 7 nitrogen and oxygen atoms in total. The quantitative estimate of drug-likeness (QED) is 0.752. The van der Waals surface area contributed by atoms with Gasteiger partial charge in [0.05, 0.1) is 0 Å². The number of aryl methyl sites for hydroxylation is 2. The number of amides is 1. The molecule has 1 fully saturated rings. The van der Waals surface area contributed by atoms with Gasteiger partial charge in [-0.05, 0) is 33.8 Å². The molecule has 30 heavy (non-hydrogen) atoms. The number of carbonyl (C=O) groups is 1. The Hall–Kier alpha value is -2.83. The third-order valence-corrected chi connectivity index (χ3v) is 5.43. The number of ether oxygens (including phenoxy) is 3. The second-order valence-electron chi connectivity index (χ2n) is 8.66. The van der Waals surface area contributed by atoms with E-state index in [2.05, 4.69) is 23.8 Å². The number of benzene rings is 1. The molecule has 0 spiro atoms. The average Bonchev–Trinajstić information content (AvgIpc) is 3.00. The van der Waals surface area contributed by atoms with Gasteiger partial charge >= 0.3 is 0 Å². The first kappa shape index (κ1) is 20.4. The molecule has 2 aliphatic rings. The number of fused-ring (bicyclic) bond motifs is 1. The highest BCUT2D eigenvalue weighted by Crippen LogP contribution is 2.41. The molecule has 1 aromatic carbocycles. The number of carbonyl (C=O) groups excluding carboxylic acids is 1. The van der Waals surface area contributed by atoms with E-state index in [4.69, 9.17) is 14.2 Å². The first-order chi connectivity index (χ1) is 14.3. The second kappa shape index (κ2) is 8.13. The minimum Gasteiger partial charge on any atom is -0.483 e. The van der Waals surface area contributed by atoms with Crippen LogP contribution in [0, 0.1) is 13.8 Å². The number of aromatic nitrogens is 2. The molecule has 4 rings (SSSR count). The zero-order chi connectivity index (χ0) is 21.3. The van der Waals surface area contributed by atoms with Gasteiger partial charge in [0.25, 0.3) is 5.91 Å². The van der Waals surface area contributed by atoms with E-state index < -0.39 is 0 Å². The molecule has 0 unspecified atom stereocenters. The molecule has 160 valence electrons. The largest absolute Gasteiger partial charge is 0.483 e. The van der Waals surface area contributed by atoms with E-state index in [9.17, 15) is 4.79 Å². The topological polar surface area (TPSA) is 73.8 Å². The lowest BCUT2D eigenvalue weighted by Crippen LogP contribution is -2.43. The first-order valence-corrected chi connectivity index (χ1v) is 10.5. The van der Waals surface area contributed by atoms with Crippen LogP contribution in [0.1, 0.15) is 43.8 Å². The standard InChI is InChI=1S/C23H29N3O4/c1-15-12-20(25-16(2)24-15)29-18-8-10-26(11-9-18)21(27)14-28-19-7-5-6-17-13-23(3,4)30-22(17)19/h5-7,12,18H,8-11,13-14H2,1-4H3. The fourth-order valence-electron chi connectivity index (χ4n) is 4.07. The van der Waals surface area contributed by atoms with E-state index in [0.717, 1.165) is 36.3 Å². The highest BCUT2D eigenvalue weighted by atomic mass is 16.5. The van der Waals surface area contributed by atoms with Crippen molar-refractivity contribution in [2.75, 3.05) is 19.7 Å². The van der Waals surface area contributed by atoms with E-state index in [-0.39, 0.29) is 24.2 Å². The van der Waals surface area contributed by atoms with Crippen LogP contribution in [0.15, 0.2) is 24.3 Å². The van der Waals surface area contributed by atoms with Crippen LogP contribution in [-0.2, 0) is 11.2 Å². The number of nitrogens with zero attached hydrogens (tertiary/aromatic N) is 3. The van der Waals surface area contributed by atoms with Crippen molar-refractivity contribution in [2.24, 2.45) is 0 Å². The second-order valence-corrected chi connectivity index (χ2v) is 8.66. The summed E-state index contributed by atoms with van der Waals surface area (Å²) in [6.45, 7) is 9.19. The van der Waals surface area contributed by atoms with E-state index in [1.54, 1.807) is 0 Å². The van der Waals surface area contributed by atoms with E-state index >= 15 is 0 Å². The maximum Gasteiger partial charge on any atom is 0.260 e. The molecule has 0 atom stereocenters. The van der Waals surface area contributed by atoms with Crippen LogP contribution in [0.2, 0.25) is 0 Å². The van der Waals surface area contributed by atoms with Crippen molar-refractivity contribution in [3.05, 3.63) is 41.3 Å². The summed E-state index contributed by atoms with van der Waals surface area (Å²) in [5.41, 5.74) is 1.77. The smallest absolute Gasteiger partial charge is 0.260 e. The Labute approximate surface area is 177 Å². The summed E-state index contributed by atoms with van der Waals surface area (Å²) in [6.07, 6.45) is 2.43. The fourth-order valence-corrected chi connectivity index (χ4v) is 4.07. The molecule has 3 heterocycles. The van der Waals surface area contributed by atoms with Gasteiger partial charge in [-0.2, -0.15) is 4.98 Å². The highest BCUT2D eigenvalue weighted by Gasteiger charge is 2.32. The zero-order valence-electron chi connectivity index (χ0n) is 18.1. The third kappa shape index (κ3) is 4.66. The van der Waals surface area contributed by atoms with Gasteiger partial charge in [-0.25, -0.2) is 4.98 Å². The molecule has 0 saturated carbocycles. The number of hydrogen-bond acceptors (Lipinski definition) is 6. The number of hydrogen-bond donors (Lipinski definition) is 0. The van der Waals surface area contributed by atoms with Crippen LogP contribution in [0.5, 0.6) is 17.4 Å². The minimum absolute atomic E-state index is 0.00999. The Morgan fingerprint density at radius 3 is 2.73 bits per heavy atom. The van der Waals surface area contributed by atoms with Gasteiger partial charge in [-0.3, -0.25) is 4.79 Å². The lowest BCUT2D eigenvalue weighted by Gasteiger charge is -2.32. The molecule has 0 bridgehead atoms. The van der Waals surface area contributed by atoms with Gasteiger partial charge in [-0.1, -0.05) is 12.1 Å². The van der Waals surface area contributed by atoms with Gasteiger partial charge in [0.2, 0.25) is 5.88 Å². The predicted molar refractivity (Wildman–Crippen MR) is 112 cm³/mol. The Kier molecular flexibility index (Phi) is 5.54. The van der Waals surface area contributed by atoms with Crippen molar-refractivity contribution in [3.63, 3.8) is 0 Å². The molecule has 1 amide bonds. The van der Waals surface area contributed by atoms with Crippen molar-refractivity contribution in [1.82, 2.24) is 14.9 Å². The van der Waals surface area contributed by atoms with Crippen LogP contribution in [0.4, 0.5) is 0 Å². The van der Waals surface area contributed by atoms with Crippen molar-refractivity contribution < 1.29 is 19.0 Å². The van der Waals surface area contributed by atoms with Crippen LogP contribution in [0.25, 0.3) is 0 Å². The van der Waals surface area contributed by atoms with Crippen LogP contribution in [0.3, 0.4) is 0 Å². The maximum absolute atomic E-state index is 12.7. The number of piperidine rings is 1. The molecule has 0 N–H and O–H groups in total. The molecular formula is C23H29N3O4. The van der Waals surface area contributed by atoms with E-state index in [1.807, 2.05) is 43.0 Å². The summed E-state index contributed by atoms with van der Waals surface area (Å²) in [6, 6.07) is 7.70. The molecule has 2 aliphatic heterocycles. The minimum atomic E-state index is -0.242. The highest BCUT2D eigenvalue weighted by molar-refractivity contribution is 5.78. The number of likely N-dealkylation sites (tertiary alicyclic amines) is 1. The average molecular weight is 412 g/mol. The first-order valence-electron chi connectivity index (χ1n) is 10.5. The van der Waals surface area contributed by atoms with Crippen molar-refractivity contribution in [2.45, 2.75) is 58.7 Å². The zero-order valence-corrected chi connectivity index (χ0v) is 18.1. The van der Waals surface area contributed by atoms with Crippen LogP contribution < -0.4 is 14.2 Å². The van der Waals surface area contributed by atoms with Crippen LogP contribution >= 0.6 is 0 Å². The van der Waals surface area contributed by atoms with Crippen molar-refractivity contribution >= 4 is 5.91 Å². The molecular weight excluding hydrogens is 382 g/mol. The third-order valence-electron chi connectivity index (χ3n) is 5.43. The van der Waals surface area contributed by atoms with Gasteiger partial charge < -0.3 is 19.1 Å². The Balaban J connectivity index is 1.28. The predicted octanol–water partition coefficient (Wildman–Crippen LogP) is 3.26. The lowest BCUT2D eigenvalue weighted by molar-refractivity contribution is -0.135. The van der Waals surface area contributed by atoms with E-state index in [0.29, 0.717) is 30.5 Å². The van der Waals surface area contributed by atoms with Gasteiger partial charge in [0, 0.05) is 49.7 Å². The van der Waals surface area contributed by atoms with Gasteiger partial charge in [0.15, 0.2) is 18.1 Å². The monoisotopic (exact) mass is 411 g/mol. The fraction of sp³-hybridized carbons (Fsp3) is 0.522. The SMILES string of the molecule is Cc1cc(OC2CCN(C(=O)COc3cccc4c3OC(C)(C)C4)CC2)nc(C)n1. The molecule has 0 aliphatic carbocycles. The summed E-state index contributed by atoms with van der Waals surface area (Å²) in [5, 5.41) is 0. The maximum atomic E-state index is 12.7. The summed E-state index contributed by atoms with van der Waals surface area (Å²) in [7, 11) is 0. The Bertz CT molecular complexity index is 916. The normalized spacial score (nSPS) is 17.9. The van der Waals surface area contributed by atoms with Crippen molar-refractivity contribution in [1.29, 1.82) is 0 Å². The Morgan fingerprint density at radius 1 is 1.23 bits per heavy atom.